The first kappa shape index (κ1) is 18.0. The van der Waals surface area contributed by atoms with E-state index in [1.807, 2.05) is 16.0 Å². The molecule has 2 heterocycles. The first-order chi connectivity index (χ1) is 11.9. The summed E-state index contributed by atoms with van der Waals surface area (Å²) in [6.07, 6.45) is 3.55. The van der Waals surface area contributed by atoms with Gasteiger partial charge in [0.15, 0.2) is 11.6 Å². The zero-order valence-corrected chi connectivity index (χ0v) is 15.5. The Hall–Kier alpha value is -1.80. The highest BCUT2D eigenvalue weighted by molar-refractivity contribution is 7.15. The Balaban J connectivity index is 1.53. The molecule has 25 heavy (non-hydrogen) atoms. The Bertz CT molecular complexity index is 902. The zero-order valence-electron chi connectivity index (χ0n) is 12.5. The van der Waals surface area contributed by atoms with Gasteiger partial charge < -0.3 is 10.1 Å². The number of aromatic nitrogens is 2. The third kappa shape index (κ3) is 4.43. The van der Waals surface area contributed by atoms with Crippen LogP contribution in [0.2, 0.25) is 15.1 Å². The van der Waals surface area contributed by atoms with E-state index in [9.17, 15) is 9.59 Å². The summed E-state index contributed by atoms with van der Waals surface area (Å²) in [5.41, 5.74) is 0.782. The van der Waals surface area contributed by atoms with Crippen LogP contribution in [0.1, 0.15) is 5.69 Å². The van der Waals surface area contributed by atoms with Gasteiger partial charge in [0.2, 0.25) is 0 Å². The molecule has 0 aliphatic carbocycles. The van der Waals surface area contributed by atoms with Gasteiger partial charge in [0.05, 0.1) is 27.8 Å². The highest BCUT2D eigenvalue weighted by atomic mass is 35.5. The van der Waals surface area contributed by atoms with Gasteiger partial charge in [-0.1, -0.05) is 34.8 Å². The normalized spacial score (nSPS) is 10.8. The minimum absolute atomic E-state index is 0.0237. The van der Waals surface area contributed by atoms with Crippen LogP contribution in [0.5, 0.6) is 0 Å². The first-order valence-corrected chi connectivity index (χ1v) is 8.95. The predicted octanol–water partition coefficient (Wildman–Crippen LogP) is 4.08. The molecule has 130 valence electrons. The standard InChI is InChI=1S/C15H10Cl3N3O3S/c16-8-3-10(17)14(11(18)4-8)20-12(22)7-24-13(23)5-9-6-21-1-2-25-15(21)19-9/h1-4,6H,5,7H2,(H,20,22). The molecule has 3 aromatic rings. The van der Waals surface area contributed by atoms with Crippen molar-refractivity contribution in [1.29, 1.82) is 0 Å². The maximum absolute atomic E-state index is 11.9. The van der Waals surface area contributed by atoms with E-state index in [1.54, 1.807) is 6.20 Å². The summed E-state index contributed by atoms with van der Waals surface area (Å²) in [5.74, 6) is -1.13. The van der Waals surface area contributed by atoms with Gasteiger partial charge in [0.1, 0.15) is 0 Å². The van der Waals surface area contributed by atoms with E-state index < -0.39 is 18.5 Å². The molecule has 10 heteroatoms. The number of fused-ring (bicyclic) bond motifs is 1. The van der Waals surface area contributed by atoms with Crippen molar-refractivity contribution in [1.82, 2.24) is 9.38 Å². The second kappa shape index (κ2) is 7.61. The van der Waals surface area contributed by atoms with Crippen molar-refractivity contribution < 1.29 is 14.3 Å². The zero-order chi connectivity index (χ0) is 18.0. The molecule has 2 aromatic heterocycles. The number of thiazole rings is 1. The number of carbonyl (C=O) groups excluding carboxylic acids is 2. The number of anilines is 1. The second-order valence-corrected chi connectivity index (χ2v) is 7.08. The fourth-order valence-electron chi connectivity index (χ4n) is 2.04. The first-order valence-electron chi connectivity index (χ1n) is 6.93. The summed E-state index contributed by atoms with van der Waals surface area (Å²) in [7, 11) is 0. The van der Waals surface area contributed by atoms with Crippen molar-refractivity contribution in [3.05, 3.63) is 50.7 Å². The number of carbonyl (C=O) groups is 2. The molecule has 3 rings (SSSR count). The monoisotopic (exact) mass is 417 g/mol. The number of hydrogen-bond acceptors (Lipinski definition) is 5. The van der Waals surface area contributed by atoms with Gasteiger partial charge in [-0.25, -0.2) is 4.98 Å². The van der Waals surface area contributed by atoms with E-state index in [0.29, 0.717) is 10.7 Å². The Kier molecular flexibility index (Phi) is 5.48. The van der Waals surface area contributed by atoms with Gasteiger partial charge in [-0.05, 0) is 12.1 Å². The third-order valence-corrected chi connectivity index (χ3v) is 4.69. The van der Waals surface area contributed by atoms with Crippen LogP contribution in [0.25, 0.3) is 4.96 Å². The smallest absolute Gasteiger partial charge is 0.312 e. The molecule has 1 amide bonds. The van der Waals surface area contributed by atoms with Gasteiger partial charge in [0, 0.05) is 22.8 Å². The molecule has 0 saturated heterocycles. The van der Waals surface area contributed by atoms with E-state index in [4.69, 9.17) is 39.5 Å². The number of esters is 1. The Morgan fingerprint density at radius 2 is 1.96 bits per heavy atom. The minimum atomic E-state index is -0.565. The number of nitrogens with zero attached hydrogens (tertiary/aromatic N) is 2. The lowest BCUT2D eigenvalue weighted by Crippen LogP contribution is -2.22. The van der Waals surface area contributed by atoms with Crippen LogP contribution in [0.15, 0.2) is 29.9 Å². The van der Waals surface area contributed by atoms with Gasteiger partial charge >= 0.3 is 5.97 Å². The van der Waals surface area contributed by atoms with Crippen molar-refractivity contribution in [3.8, 4) is 0 Å². The van der Waals surface area contributed by atoms with Crippen LogP contribution < -0.4 is 5.32 Å². The predicted molar refractivity (Wildman–Crippen MR) is 97.8 cm³/mol. The van der Waals surface area contributed by atoms with Gasteiger partial charge in [-0.2, -0.15) is 0 Å². The molecule has 1 N–H and O–H groups in total. The Morgan fingerprint density at radius 3 is 2.64 bits per heavy atom. The van der Waals surface area contributed by atoms with Crippen LogP contribution in [0, 0.1) is 0 Å². The van der Waals surface area contributed by atoms with Crippen molar-refractivity contribution >= 4 is 68.7 Å². The number of nitrogens with one attached hydrogen (secondary N) is 1. The van der Waals surface area contributed by atoms with Crippen LogP contribution in [0.4, 0.5) is 5.69 Å². The summed E-state index contributed by atoms with van der Waals surface area (Å²) in [6, 6.07) is 2.89. The fraction of sp³-hybridized carbons (Fsp3) is 0.133. The number of hydrogen-bond donors (Lipinski definition) is 1. The highest BCUT2D eigenvalue weighted by Gasteiger charge is 2.14. The van der Waals surface area contributed by atoms with Crippen LogP contribution in [-0.4, -0.2) is 27.9 Å². The highest BCUT2D eigenvalue weighted by Crippen LogP contribution is 2.33. The molecule has 0 atom stereocenters. The maximum atomic E-state index is 11.9. The molecule has 0 bridgehead atoms. The molecular formula is C15H10Cl3N3O3S. The molecule has 1 aromatic carbocycles. The number of amides is 1. The lowest BCUT2D eigenvalue weighted by Gasteiger charge is -2.10. The lowest BCUT2D eigenvalue weighted by molar-refractivity contribution is -0.146. The fourth-order valence-corrected chi connectivity index (χ4v) is 3.67. The van der Waals surface area contributed by atoms with Crippen LogP contribution >= 0.6 is 46.1 Å². The molecule has 0 unspecified atom stereocenters. The summed E-state index contributed by atoms with van der Waals surface area (Å²) < 4.78 is 6.76. The van der Waals surface area contributed by atoms with Gasteiger partial charge in [-0.15, -0.1) is 11.3 Å². The molecule has 6 nitrogen and oxygen atoms in total. The van der Waals surface area contributed by atoms with Crippen molar-refractivity contribution in [2.45, 2.75) is 6.42 Å². The maximum Gasteiger partial charge on any atom is 0.312 e. The van der Waals surface area contributed by atoms with Gasteiger partial charge in [-0.3, -0.25) is 14.0 Å². The van der Waals surface area contributed by atoms with E-state index >= 15 is 0 Å². The van der Waals surface area contributed by atoms with Crippen LogP contribution in [0.3, 0.4) is 0 Å². The van der Waals surface area contributed by atoms with Crippen molar-refractivity contribution in [2.24, 2.45) is 0 Å². The Labute approximate surface area is 161 Å². The second-order valence-electron chi connectivity index (χ2n) is 4.96. The number of rotatable bonds is 5. The number of halogens is 3. The summed E-state index contributed by atoms with van der Waals surface area (Å²) in [6.45, 7) is -0.462. The molecular weight excluding hydrogens is 409 g/mol. The number of imidazole rings is 1. The van der Waals surface area contributed by atoms with Crippen molar-refractivity contribution in [2.75, 3.05) is 11.9 Å². The molecule has 0 aliphatic heterocycles. The van der Waals surface area contributed by atoms with E-state index in [2.05, 4.69) is 10.3 Å². The molecule has 0 aliphatic rings. The molecule has 0 spiro atoms. The lowest BCUT2D eigenvalue weighted by atomic mass is 10.3. The third-order valence-electron chi connectivity index (χ3n) is 3.10. The van der Waals surface area contributed by atoms with E-state index in [-0.39, 0.29) is 22.2 Å². The Morgan fingerprint density at radius 1 is 1.24 bits per heavy atom. The summed E-state index contributed by atoms with van der Waals surface area (Å²) in [5, 5.41) is 5.10. The SMILES string of the molecule is O=C(COC(=O)Cc1cn2ccsc2n1)Nc1c(Cl)cc(Cl)cc1Cl. The van der Waals surface area contributed by atoms with Crippen LogP contribution in [-0.2, 0) is 20.7 Å². The molecule has 0 radical (unpaired) electrons. The molecule has 0 fully saturated rings. The van der Waals surface area contributed by atoms with Gasteiger partial charge in [0.25, 0.3) is 5.91 Å². The topological polar surface area (TPSA) is 72.7 Å². The van der Waals surface area contributed by atoms with Crippen molar-refractivity contribution in [3.63, 3.8) is 0 Å². The summed E-state index contributed by atoms with van der Waals surface area (Å²) >= 11 is 19.2. The average Bonchev–Trinajstić information content (AvgIpc) is 3.10. The van der Waals surface area contributed by atoms with E-state index in [1.165, 1.54) is 23.5 Å². The summed E-state index contributed by atoms with van der Waals surface area (Å²) in [4.78, 5) is 28.8. The largest absolute Gasteiger partial charge is 0.455 e. The number of ether oxygens (including phenoxy) is 1. The minimum Gasteiger partial charge on any atom is -0.455 e. The quantitative estimate of drug-likeness (QED) is 0.634. The average molecular weight is 419 g/mol. The number of benzene rings is 1. The molecule has 0 saturated carbocycles. The van der Waals surface area contributed by atoms with E-state index in [0.717, 1.165) is 4.96 Å².